The first-order valence-electron chi connectivity index (χ1n) is 4.64. The zero-order valence-electron chi connectivity index (χ0n) is 8.80. The van der Waals surface area contributed by atoms with Crippen molar-refractivity contribution in [2.45, 2.75) is 20.8 Å². The smallest absolute Gasteiger partial charge is 0.165 e. The van der Waals surface area contributed by atoms with Gasteiger partial charge in [0.2, 0.25) is 0 Å². The second kappa shape index (κ2) is 4.80. The van der Waals surface area contributed by atoms with E-state index >= 15 is 0 Å². The fraction of sp³-hybridized carbons (Fsp3) is 0.333. The third-order valence-corrected chi connectivity index (χ3v) is 2.04. The Morgan fingerprint density at radius 3 is 2.79 bits per heavy atom. The summed E-state index contributed by atoms with van der Waals surface area (Å²) in [6.45, 7) is 6.18. The van der Waals surface area contributed by atoms with E-state index in [1.54, 1.807) is 6.07 Å². The van der Waals surface area contributed by atoms with Gasteiger partial charge in [0.05, 0.1) is 0 Å². The van der Waals surface area contributed by atoms with Crippen LogP contribution in [0.4, 0.5) is 4.39 Å². The molecular formula is C12H15FO. The molecule has 1 nitrogen and oxygen atoms in total. The third-order valence-electron chi connectivity index (χ3n) is 2.04. The lowest BCUT2D eigenvalue weighted by Gasteiger charge is -2.07. The Labute approximate surface area is 84.2 Å². The van der Waals surface area contributed by atoms with E-state index in [2.05, 4.69) is 0 Å². The lowest BCUT2D eigenvalue weighted by molar-refractivity contribution is 0.332. The molecule has 76 valence electrons. The van der Waals surface area contributed by atoms with Crippen LogP contribution in [0.25, 0.3) is 0 Å². The molecule has 0 spiro atoms. The summed E-state index contributed by atoms with van der Waals surface area (Å²) < 4.78 is 18.6. The molecule has 2 heteroatoms. The topological polar surface area (TPSA) is 9.23 Å². The van der Waals surface area contributed by atoms with Crippen LogP contribution in [0.3, 0.4) is 0 Å². The standard InChI is InChI=1S/C12H15FO/c1-4-9(2)8-14-12-6-5-10(3)7-11(12)13/h4-7H,8H2,1-3H3/b9-4+. The summed E-state index contributed by atoms with van der Waals surface area (Å²) in [6, 6.07) is 4.97. The van der Waals surface area contributed by atoms with Gasteiger partial charge in [0.1, 0.15) is 6.61 Å². The van der Waals surface area contributed by atoms with Gasteiger partial charge in [-0.15, -0.1) is 0 Å². The minimum atomic E-state index is -0.297. The lowest BCUT2D eigenvalue weighted by Crippen LogP contribution is -2.00. The summed E-state index contributed by atoms with van der Waals surface area (Å²) in [5.41, 5.74) is 1.99. The molecule has 0 radical (unpaired) electrons. The summed E-state index contributed by atoms with van der Waals surface area (Å²) in [7, 11) is 0. The highest BCUT2D eigenvalue weighted by molar-refractivity contribution is 5.28. The minimum Gasteiger partial charge on any atom is -0.486 e. The Hall–Kier alpha value is -1.31. The quantitative estimate of drug-likeness (QED) is 0.669. The zero-order valence-corrected chi connectivity index (χ0v) is 8.80. The summed E-state index contributed by atoms with van der Waals surface area (Å²) in [5.74, 6) is 0.0192. The maximum absolute atomic E-state index is 13.3. The molecule has 1 rings (SSSR count). The van der Waals surface area contributed by atoms with E-state index < -0.39 is 0 Å². The van der Waals surface area contributed by atoms with Gasteiger partial charge in [0.25, 0.3) is 0 Å². The van der Waals surface area contributed by atoms with Crippen molar-refractivity contribution >= 4 is 0 Å². The molecule has 1 aromatic carbocycles. The predicted octanol–water partition coefficient (Wildman–Crippen LogP) is 3.48. The summed E-state index contributed by atoms with van der Waals surface area (Å²) in [4.78, 5) is 0. The molecule has 0 aliphatic heterocycles. The Bertz CT molecular complexity index is 342. The average molecular weight is 194 g/mol. The van der Waals surface area contributed by atoms with Crippen molar-refractivity contribution in [2.24, 2.45) is 0 Å². The van der Waals surface area contributed by atoms with Crippen LogP contribution in [0.15, 0.2) is 29.8 Å². The van der Waals surface area contributed by atoms with Crippen LogP contribution in [0.1, 0.15) is 19.4 Å². The molecule has 0 bridgehead atoms. The van der Waals surface area contributed by atoms with Crippen LogP contribution < -0.4 is 4.74 Å². The number of benzene rings is 1. The largest absolute Gasteiger partial charge is 0.486 e. The SMILES string of the molecule is C/C=C(\C)COc1ccc(C)cc1F. The highest BCUT2D eigenvalue weighted by Gasteiger charge is 2.02. The van der Waals surface area contributed by atoms with Crippen molar-refractivity contribution < 1.29 is 9.13 Å². The second-order valence-electron chi connectivity index (χ2n) is 3.36. The van der Waals surface area contributed by atoms with Gasteiger partial charge in [-0.2, -0.15) is 0 Å². The Morgan fingerprint density at radius 1 is 1.50 bits per heavy atom. The van der Waals surface area contributed by atoms with E-state index in [1.807, 2.05) is 32.9 Å². The van der Waals surface area contributed by atoms with Gasteiger partial charge in [-0.25, -0.2) is 4.39 Å². The highest BCUT2D eigenvalue weighted by atomic mass is 19.1. The second-order valence-corrected chi connectivity index (χ2v) is 3.36. The first kappa shape index (κ1) is 10.8. The fourth-order valence-electron chi connectivity index (χ4n) is 0.998. The van der Waals surface area contributed by atoms with Crippen molar-refractivity contribution in [1.29, 1.82) is 0 Å². The van der Waals surface area contributed by atoms with Crippen molar-refractivity contribution in [3.63, 3.8) is 0 Å². The van der Waals surface area contributed by atoms with Crippen LogP contribution in [0.2, 0.25) is 0 Å². The molecule has 0 heterocycles. The number of rotatable bonds is 3. The Kier molecular flexibility index (Phi) is 3.69. The van der Waals surface area contributed by atoms with Gasteiger partial charge in [0.15, 0.2) is 11.6 Å². The maximum Gasteiger partial charge on any atom is 0.165 e. The first-order chi connectivity index (χ1) is 6.63. The Morgan fingerprint density at radius 2 is 2.21 bits per heavy atom. The van der Waals surface area contributed by atoms with Gasteiger partial charge in [-0.05, 0) is 44.0 Å². The van der Waals surface area contributed by atoms with Crippen LogP contribution in [0.5, 0.6) is 5.75 Å². The molecule has 0 unspecified atom stereocenters. The number of allylic oxidation sites excluding steroid dienone is 1. The maximum atomic E-state index is 13.3. The molecule has 1 aromatic rings. The normalized spacial score (nSPS) is 11.6. The lowest BCUT2D eigenvalue weighted by atomic mass is 10.2. The number of hydrogen-bond acceptors (Lipinski definition) is 1. The number of halogens is 1. The van der Waals surface area contributed by atoms with Crippen molar-refractivity contribution in [3.8, 4) is 5.75 Å². The van der Waals surface area contributed by atoms with E-state index in [4.69, 9.17) is 4.74 Å². The van der Waals surface area contributed by atoms with E-state index in [-0.39, 0.29) is 5.82 Å². The van der Waals surface area contributed by atoms with Crippen LogP contribution in [-0.4, -0.2) is 6.61 Å². The highest BCUT2D eigenvalue weighted by Crippen LogP contribution is 2.18. The molecule has 0 aliphatic carbocycles. The minimum absolute atomic E-state index is 0.297. The molecule has 0 aliphatic rings. The summed E-state index contributed by atoms with van der Waals surface area (Å²) in [6.07, 6.45) is 1.95. The molecule has 0 amide bonds. The summed E-state index contributed by atoms with van der Waals surface area (Å²) in [5, 5.41) is 0. The molecule has 0 saturated heterocycles. The van der Waals surface area contributed by atoms with E-state index in [1.165, 1.54) is 6.07 Å². The monoisotopic (exact) mass is 194 g/mol. The van der Waals surface area contributed by atoms with E-state index in [0.29, 0.717) is 12.4 Å². The van der Waals surface area contributed by atoms with Gasteiger partial charge < -0.3 is 4.74 Å². The number of hydrogen-bond donors (Lipinski definition) is 0. The van der Waals surface area contributed by atoms with Gasteiger partial charge in [-0.3, -0.25) is 0 Å². The predicted molar refractivity (Wildman–Crippen MR) is 56.1 cm³/mol. The molecule has 0 atom stereocenters. The van der Waals surface area contributed by atoms with Crippen LogP contribution in [0, 0.1) is 12.7 Å². The fourth-order valence-corrected chi connectivity index (χ4v) is 0.998. The van der Waals surface area contributed by atoms with Gasteiger partial charge in [0, 0.05) is 0 Å². The molecule has 0 aromatic heterocycles. The molecule has 0 N–H and O–H groups in total. The number of ether oxygens (including phenoxy) is 1. The Balaban J connectivity index is 2.68. The van der Waals surface area contributed by atoms with Crippen LogP contribution >= 0.6 is 0 Å². The average Bonchev–Trinajstić information content (AvgIpc) is 2.16. The zero-order chi connectivity index (χ0) is 10.6. The van der Waals surface area contributed by atoms with Crippen molar-refractivity contribution in [3.05, 3.63) is 41.2 Å². The van der Waals surface area contributed by atoms with Gasteiger partial charge >= 0.3 is 0 Å². The number of aryl methyl sites for hydroxylation is 1. The van der Waals surface area contributed by atoms with Crippen molar-refractivity contribution in [1.82, 2.24) is 0 Å². The van der Waals surface area contributed by atoms with Crippen LogP contribution in [-0.2, 0) is 0 Å². The molecule has 0 saturated carbocycles. The van der Waals surface area contributed by atoms with Gasteiger partial charge in [-0.1, -0.05) is 12.1 Å². The molecular weight excluding hydrogens is 179 g/mol. The van der Waals surface area contributed by atoms with E-state index in [0.717, 1.165) is 11.1 Å². The van der Waals surface area contributed by atoms with E-state index in [9.17, 15) is 4.39 Å². The molecule has 14 heavy (non-hydrogen) atoms. The summed E-state index contributed by atoms with van der Waals surface area (Å²) >= 11 is 0. The third kappa shape index (κ3) is 2.87. The van der Waals surface area contributed by atoms with Crippen molar-refractivity contribution in [2.75, 3.05) is 6.61 Å². The molecule has 0 fully saturated rings. The first-order valence-corrected chi connectivity index (χ1v) is 4.64.